The zero-order chi connectivity index (χ0) is 17.8. The second kappa shape index (κ2) is 8.35. The number of halogens is 5. The maximum Gasteiger partial charge on any atom is 0.453 e. The predicted octanol–water partition coefficient (Wildman–Crippen LogP) is 7.38. The minimum atomic E-state index is -5.40. The van der Waals surface area contributed by atoms with Crippen molar-refractivity contribution in [3.8, 4) is 0 Å². The maximum absolute atomic E-state index is 13.0. The lowest BCUT2D eigenvalue weighted by atomic mass is 9.68. The molecule has 2 rings (SSSR count). The Morgan fingerprint density at radius 1 is 0.667 bits per heavy atom. The molecule has 5 heteroatoms. The largest absolute Gasteiger partial charge is 0.453 e. The van der Waals surface area contributed by atoms with E-state index in [2.05, 4.69) is 6.92 Å². The summed E-state index contributed by atoms with van der Waals surface area (Å²) in [6.07, 6.45) is 5.02. The first kappa shape index (κ1) is 20.0. The van der Waals surface area contributed by atoms with E-state index in [4.69, 9.17) is 0 Å². The fraction of sp³-hybridized carbons (Fsp3) is 1.00. The van der Waals surface area contributed by atoms with Gasteiger partial charge in [0.05, 0.1) is 0 Å². The van der Waals surface area contributed by atoms with Crippen LogP contribution in [0.4, 0.5) is 22.0 Å². The normalized spacial score (nSPS) is 32.8. The fourth-order valence-electron chi connectivity index (χ4n) is 4.83. The molecule has 0 aromatic heterocycles. The summed E-state index contributed by atoms with van der Waals surface area (Å²) in [5.41, 5.74) is 0. The van der Waals surface area contributed by atoms with Crippen LogP contribution in [-0.4, -0.2) is 12.1 Å². The molecule has 0 aliphatic heterocycles. The highest BCUT2D eigenvalue weighted by molar-refractivity contribution is 4.83. The van der Waals surface area contributed by atoms with Crippen LogP contribution in [0.3, 0.4) is 0 Å². The number of hydrogen-bond acceptors (Lipinski definition) is 0. The second-order valence-corrected chi connectivity index (χ2v) is 8.09. The Morgan fingerprint density at radius 2 is 1.08 bits per heavy atom. The average molecular weight is 354 g/mol. The average Bonchev–Trinajstić information content (AvgIpc) is 2.54. The van der Waals surface area contributed by atoms with Crippen LogP contribution in [0.15, 0.2) is 0 Å². The molecule has 0 spiro atoms. The fourth-order valence-corrected chi connectivity index (χ4v) is 4.83. The van der Waals surface area contributed by atoms with Crippen LogP contribution >= 0.6 is 0 Å². The van der Waals surface area contributed by atoms with Crippen LogP contribution in [-0.2, 0) is 0 Å². The van der Waals surface area contributed by atoms with Crippen LogP contribution in [0.2, 0.25) is 0 Å². The lowest BCUT2D eigenvalue weighted by Crippen LogP contribution is -2.37. The van der Waals surface area contributed by atoms with Crippen molar-refractivity contribution in [1.82, 2.24) is 0 Å². The third-order valence-corrected chi connectivity index (χ3v) is 6.43. The van der Waals surface area contributed by atoms with Gasteiger partial charge in [-0.25, -0.2) is 0 Å². The van der Waals surface area contributed by atoms with Crippen molar-refractivity contribution in [2.24, 2.45) is 23.7 Å². The molecule has 0 nitrogen and oxygen atoms in total. The van der Waals surface area contributed by atoms with Gasteiger partial charge in [0.25, 0.3) is 0 Å². The van der Waals surface area contributed by atoms with Crippen molar-refractivity contribution >= 4 is 0 Å². The molecule has 0 unspecified atom stereocenters. The Kier molecular flexibility index (Phi) is 6.95. The van der Waals surface area contributed by atoms with E-state index >= 15 is 0 Å². The van der Waals surface area contributed by atoms with E-state index in [1.165, 1.54) is 38.5 Å². The summed E-state index contributed by atoms with van der Waals surface area (Å²) in [4.78, 5) is 0. The van der Waals surface area contributed by atoms with Crippen LogP contribution in [0, 0.1) is 23.7 Å². The monoisotopic (exact) mass is 354 g/mol. The van der Waals surface area contributed by atoms with Gasteiger partial charge in [0, 0.05) is 6.42 Å². The van der Waals surface area contributed by atoms with Crippen molar-refractivity contribution in [3.63, 3.8) is 0 Å². The molecule has 142 valence electrons. The molecule has 2 saturated carbocycles. The topological polar surface area (TPSA) is 0 Å². The molecule has 0 saturated heterocycles. The van der Waals surface area contributed by atoms with Gasteiger partial charge in [0.2, 0.25) is 0 Å². The molecule has 0 N–H and O–H groups in total. The highest BCUT2D eigenvalue weighted by atomic mass is 19.4. The predicted molar refractivity (Wildman–Crippen MR) is 86.0 cm³/mol. The number of rotatable bonds is 6. The highest BCUT2D eigenvalue weighted by Gasteiger charge is 2.56. The molecule has 2 aliphatic rings. The van der Waals surface area contributed by atoms with Crippen molar-refractivity contribution in [3.05, 3.63) is 0 Å². The standard InChI is InChI=1S/C19H31F5/c1-2-3-14-4-8-16(9-5-14)17-10-6-15(7-11-17)12-13-18(20,21)19(22,23)24/h14-17H,2-13H2,1H3. The first-order valence-electron chi connectivity index (χ1n) is 9.67. The van der Waals surface area contributed by atoms with E-state index in [-0.39, 0.29) is 12.3 Å². The molecule has 0 amide bonds. The van der Waals surface area contributed by atoms with Gasteiger partial charge >= 0.3 is 12.1 Å². The van der Waals surface area contributed by atoms with Gasteiger partial charge in [-0.3, -0.25) is 0 Å². The number of alkyl halides is 5. The second-order valence-electron chi connectivity index (χ2n) is 8.09. The molecular formula is C19H31F5. The van der Waals surface area contributed by atoms with Gasteiger partial charge in [0.1, 0.15) is 0 Å². The molecule has 0 bridgehead atoms. The highest BCUT2D eigenvalue weighted by Crippen LogP contribution is 2.45. The van der Waals surface area contributed by atoms with Crippen molar-refractivity contribution in [1.29, 1.82) is 0 Å². The molecule has 0 heterocycles. The van der Waals surface area contributed by atoms with Gasteiger partial charge in [-0.1, -0.05) is 45.4 Å². The summed E-state index contributed by atoms with van der Waals surface area (Å²) < 4.78 is 62.7. The molecule has 24 heavy (non-hydrogen) atoms. The van der Waals surface area contributed by atoms with Crippen molar-refractivity contribution in [2.45, 2.75) is 96.1 Å². The summed E-state index contributed by atoms with van der Waals surface area (Å²) in [5.74, 6) is -2.16. The van der Waals surface area contributed by atoms with E-state index in [0.29, 0.717) is 5.92 Å². The Hall–Kier alpha value is -0.350. The molecule has 0 atom stereocenters. The summed E-state index contributed by atoms with van der Waals surface area (Å²) in [5, 5.41) is 0. The lowest BCUT2D eigenvalue weighted by molar-refractivity contribution is -0.285. The van der Waals surface area contributed by atoms with E-state index in [1.54, 1.807) is 0 Å². The van der Waals surface area contributed by atoms with E-state index in [1.807, 2.05) is 0 Å². The first-order chi connectivity index (χ1) is 11.2. The third-order valence-electron chi connectivity index (χ3n) is 6.43. The zero-order valence-electron chi connectivity index (χ0n) is 14.7. The summed E-state index contributed by atoms with van der Waals surface area (Å²) in [6, 6.07) is 0. The minimum absolute atomic E-state index is 0.00245. The molecule has 0 aromatic rings. The van der Waals surface area contributed by atoms with Gasteiger partial charge in [-0.05, 0) is 55.8 Å². The van der Waals surface area contributed by atoms with Gasteiger partial charge in [0.15, 0.2) is 0 Å². The SMILES string of the molecule is CCCC1CCC(C2CCC(CCC(F)(F)C(F)(F)F)CC2)CC1. The van der Waals surface area contributed by atoms with Gasteiger partial charge in [-0.15, -0.1) is 0 Å². The smallest absolute Gasteiger partial charge is 0.196 e. The maximum atomic E-state index is 13.0. The zero-order valence-corrected chi connectivity index (χ0v) is 14.7. The van der Waals surface area contributed by atoms with Crippen LogP contribution in [0.25, 0.3) is 0 Å². The van der Waals surface area contributed by atoms with Gasteiger partial charge in [-0.2, -0.15) is 22.0 Å². The molecular weight excluding hydrogens is 323 g/mol. The Labute approximate surface area is 142 Å². The first-order valence-corrected chi connectivity index (χ1v) is 9.67. The quantitative estimate of drug-likeness (QED) is 0.437. The molecule has 2 fully saturated rings. The van der Waals surface area contributed by atoms with E-state index in [0.717, 1.165) is 37.5 Å². The van der Waals surface area contributed by atoms with E-state index < -0.39 is 18.5 Å². The van der Waals surface area contributed by atoms with Crippen molar-refractivity contribution in [2.75, 3.05) is 0 Å². The molecule has 0 aromatic carbocycles. The minimum Gasteiger partial charge on any atom is -0.196 e. The summed E-state index contributed by atoms with van der Waals surface area (Å²) in [6.45, 7) is 2.23. The molecule has 2 aliphatic carbocycles. The third kappa shape index (κ3) is 5.32. The number of hydrogen-bond donors (Lipinski definition) is 0. The van der Waals surface area contributed by atoms with Gasteiger partial charge < -0.3 is 0 Å². The Balaban J connectivity index is 1.69. The van der Waals surface area contributed by atoms with Crippen LogP contribution < -0.4 is 0 Å². The van der Waals surface area contributed by atoms with Crippen LogP contribution in [0.1, 0.15) is 84.0 Å². The van der Waals surface area contributed by atoms with E-state index in [9.17, 15) is 22.0 Å². The summed E-state index contributed by atoms with van der Waals surface area (Å²) >= 11 is 0. The summed E-state index contributed by atoms with van der Waals surface area (Å²) in [7, 11) is 0. The van der Waals surface area contributed by atoms with Crippen LogP contribution in [0.5, 0.6) is 0 Å². The molecule has 0 radical (unpaired) electrons. The van der Waals surface area contributed by atoms with Crippen molar-refractivity contribution < 1.29 is 22.0 Å². The lowest BCUT2D eigenvalue weighted by Gasteiger charge is -2.38. The Morgan fingerprint density at radius 3 is 1.46 bits per heavy atom. The Bertz CT molecular complexity index is 360.